The fourth-order valence-electron chi connectivity index (χ4n) is 6.45. The number of carbonyl (C=O) groups is 1. The zero-order valence-corrected chi connectivity index (χ0v) is 19.9. The Balaban J connectivity index is 1.75. The maximum Gasteiger partial charge on any atom is 0.136 e. The van der Waals surface area contributed by atoms with E-state index in [-0.39, 0.29) is 17.1 Å². The molecule has 0 radical (unpaired) electrons. The zero-order valence-electron chi connectivity index (χ0n) is 19.9. The second-order valence-electron chi connectivity index (χ2n) is 11.2. The minimum absolute atomic E-state index is 0.0264. The molecule has 3 aliphatic carbocycles. The molecule has 0 amide bonds. The summed E-state index contributed by atoms with van der Waals surface area (Å²) in [5, 5.41) is 30.1. The molecule has 3 rings (SSSR count). The maximum atomic E-state index is 12.9. The predicted octanol–water partition coefficient (Wildman–Crippen LogP) is 4.88. The number of hydrogen-bond donors (Lipinski definition) is 3. The Kier molecular flexibility index (Phi) is 7.35. The van der Waals surface area contributed by atoms with E-state index in [4.69, 9.17) is 0 Å². The van der Waals surface area contributed by atoms with Crippen molar-refractivity contribution >= 4 is 5.78 Å². The van der Waals surface area contributed by atoms with Crippen molar-refractivity contribution in [3.63, 3.8) is 0 Å². The third kappa shape index (κ3) is 5.40. The maximum absolute atomic E-state index is 12.9. The summed E-state index contributed by atoms with van der Waals surface area (Å²) in [5.41, 5.74) is 2.47. The van der Waals surface area contributed by atoms with Gasteiger partial charge in [0.15, 0.2) is 0 Å². The third-order valence-corrected chi connectivity index (χ3v) is 8.40. The van der Waals surface area contributed by atoms with Crippen molar-refractivity contribution in [2.24, 2.45) is 23.2 Å². The minimum Gasteiger partial charge on any atom is -0.393 e. The van der Waals surface area contributed by atoms with Crippen LogP contribution >= 0.6 is 0 Å². The Morgan fingerprint density at radius 3 is 2.68 bits per heavy atom. The Bertz CT molecular complexity index is 756. The number of rotatable bonds is 6. The lowest BCUT2D eigenvalue weighted by atomic mass is 9.60. The van der Waals surface area contributed by atoms with Crippen molar-refractivity contribution in [2.45, 2.75) is 103 Å². The van der Waals surface area contributed by atoms with Crippen molar-refractivity contribution in [3.05, 3.63) is 35.5 Å². The second kappa shape index (κ2) is 9.33. The number of fused-ring (bicyclic) bond motifs is 1. The molecular formula is C27H42O4. The molecule has 0 aromatic heterocycles. The Morgan fingerprint density at radius 2 is 2.00 bits per heavy atom. The number of aliphatic hydroxyl groups excluding tert-OH is 2. The molecule has 3 fully saturated rings. The van der Waals surface area contributed by atoms with Crippen LogP contribution in [0.25, 0.3) is 0 Å². The lowest BCUT2D eigenvalue weighted by molar-refractivity contribution is -0.126. The van der Waals surface area contributed by atoms with Crippen LogP contribution in [0.15, 0.2) is 35.5 Å². The average molecular weight is 431 g/mol. The Morgan fingerprint density at radius 1 is 1.29 bits per heavy atom. The summed E-state index contributed by atoms with van der Waals surface area (Å²) in [4.78, 5) is 12.9. The van der Waals surface area contributed by atoms with Gasteiger partial charge in [0.1, 0.15) is 5.78 Å². The minimum atomic E-state index is -0.796. The van der Waals surface area contributed by atoms with Crippen molar-refractivity contribution in [1.82, 2.24) is 0 Å². The number of hydrogen-bond acceptors (Lipinski definition) is 4. The van der Waals surface area contributed by atoms with Gasteiger partial charge < -0.3 is 15.3 Å². The van der Waals surface area contributed by atoms with E-state index in [0.29, 0.717) is 37.5 Å². The van der Waals surface area contributed by atoms with Crippen molar-refractivity contribution in [2.75, 3.05) is 0 Å². The van der Waals surface area contributed by atoms with E-state index in [1.54, 1.807) is 13.8 Å². The molecule has 0 aromatic rings. The third-order valence-electron chi connectivity index (χ3n) is 8.40. The highest BCUT2D eigenvalue weighted by Gasteiger charge is 2.51. The molecule has 31 heavy (non-hydrogen) atoms. The van der Waals surface area contributed by atoms with Crippen LogP contribution in [-0.2, 0) is 4.79 Å². The van der Waals surface area contributed by atoms with Gasteiger partial charge in [-0.25, -0.2) is 0 Å². The number of ketones is 1. The van der Waals surface area contributed by atoms with Gasteiger partial charge in [-0.05, 0) is 87.2 Å². The summed E-state index contributed by atoms with van der Waals surface area (Å²) in [6, 6.07) is 0. The van der Waals surface area contributed by atoms with Gasteiger partial charge in [0.25, 0.3) is 0 Å². The number of carbonyl (C=O) groups excluding carboxylic acids is 1. The first-order valence-electron chi connectivity index (χ1n) is 12.1. The molecule has 3 N–H and O–H groups in total. The van der Waals surface area contributed by atoms with Crippen LogP contribution in [0.3, 0.4) is 0 Å². The molecule has 0 heterocycles. The largest absolute Gasteiger partial charge is 0.393 e. The molecule has 0 bridgehead atoms. The van der Waals surface area contributed by atoms with E-state index in [2.05, 4.69) is 32.6 Å². The smallest absolute Gasteiger partial charge is 0.136 e. The number of allylic oxidation sites excluding steroid dienone is 3. The molecule has 3 saturated carbocycles. The van der Waals surface area contributed by atoms with Crippen LogP contribution in [-0.4, -0.2) is 38.9 Å². The van der Waals surface area contributed by atoms with Gasteiger partial charge >= 0.3 is 0 Å². The van der Waals surface area contributed by atoms with Crippen molar-refractivity contribution in [1.29, 1.82) is 0 Å². The van der Waals surface area contributed by atoms with E-state index in [0.717, 1.165) is 43.3 Å². The summed E-state index contributed by atoms with van der Waals surface area (Å²) < 4.78 is 0. The first kappa shape index (κ1) is 24.4. The first-order chi connectivity index (χ1) is 14.4. The predicted molar refractivity (Wildman–Crippen MR) is 124 cm³/mol. The molecule has 3 aliphatic rings. The number of aliphatic hydroxyl groups is 3. The molecule has 0 aliphatic heterocycles. The van der Waals surface area contributed by atoms with Gasteiger partial charge in [-0.1, -0.05) is 38.2 Å². The van der Waals surface area contributed by atoms with Crippen LogP contribution in [0.1, 0.15) is 85.5 Å². The van der Waals surface area contributed by atoms with E-state index >= 15 is 0 Å². The first-order valence-corrected chi connectivity index (χ1v) is 12.1. The molecule has 4 heteroatoms. The summed E-state index contributed by atoms with van der Waals surface area (Å²) in [6.45, 7) is 12.0. The van der Waals surface area contributed by atoms with Crippen LogP contribution in [0, 0.1) is 23.2 Å². The van der Waals surface area contributed by atoms with Gasteiger partial charge in [-0.2, -0.15) is 0 Å². The topological polar surface area (TPSA) is 77.8 Å². The fourth-order valence-corrected chi connectivity index (χ4v) is 6.45. The van der Waals surface area contributed by atoms with Gasteiger partial charge in [-0.3, -0.25) is 4.79 Å². The summed E-state index contributed by atoms with van der Waals surface area (Å²) in [6.07, 6.45) is 10.6. The summed E-state index contributed by atoms with van der Waals surface area (Å²) >= 11 is 0. The van der Waals surface area contributed by atoms with Gasteiger partial charge in [0.05, 0.1) is 17.8 Å². The molecule has 174 valence electrons. The van der Waals surface area contributed by atoms with Crippen LogP contribution in [0.5, 0.6) is 0 Å². The fraction of sp³-hybridized carbons (Fsp3) is 0.741. The van der Waals surface area contributed by atoms with Crippen molar-refractivity contribution in [3.8, 4) is 0 Å². The SMILES string of the molecule is C=C1/C(=C/C=C2/CCC[C@]3(C)[C@@H]([C@H](C)C(=O)CCC(C)(C)O)CC[C@@H]23)C[C@@H](O)C[C@H]1O. The zero-order chi connectivity index (χ0) is 23.0. The molecule has 0 unspecified atom stereocenters. The molecule has 0 saturated heterocycles. The lowest BCUT2D eigenvalue weighted by Crippen LogP contribution is -2.38. The van der Waals surface area contributed by atoms with E-state index < -0.39 is 17.8 Å². The van der Waals surface area contributed by atoms with Gasteiger partial charge in [0, 0.05) is 18.8 Å². The lowest BCUT2D eigenvalue weighted by Gasteiger charge is -2.44. The monoisotopic (exact) mass is 430 g/mol. The highest BCUT2D eigenvalue weighted by atomic mass is 16.3. The Hall–Kier alpha value is -1.23. The molecular weight excluding hydrogens is 388 g/mol. The number of Topliss-reactive ketones (excluding diaryl/α,β-unsaturated/α-hetero) is 1. The van der Waals surface area contributed by atoms with Gasteiger partial charge in [-0.15, -0.1) is 0 Å². The highest BCUT2D eigenvalue weighted by molar-refractivity contribution is 5.81. The average Bonchev–Trinajstić information content (AvgIpc) is 3.04. The van der Waals surface area contributed by atoms with Gasteiger partial charge in [0.2, 0.25) is 0 Å². The van der Waals surface area contributed by atoms with E-state index in [1.165, 1.54) is 5.57 Å². The quantitative estimate of drug-likeness (QED) is 0.561. The highest BCUT2D eigenvalue weighted by Crippen LogP contribution is 2.59. The van der Waals surface area contributed by atoms with E-state index in [9.17, 15) is 20.1 Å². The normalized spacial score (nSPS) is 37.8. The molecule has 6 atom stereocenters. The summed E-state index contributed by atoms with van der Waals surface area (Å²) in [7, 11) is 0. The molecule has 0 aromatic carbocycles. The standard InChI is InChI=1S/C27H42O4/c1-17-20(15-21(28)16-25(17)30)9-8-19-7-6-13-27(5)22(10-11-23(19)27)18(2)24(29)12-14-26(3,4)31/h8-9,18,21-23,25,28,30-31H,1,6-7,10-16H2,2-5H3/b19-8-,20-9+/t18-,21+,22+,23-,25+,27+/m0/s1. The molecule has 4 nitrogen and oxygen atoms in total. The van der Waals surface area contributed by atoms with Crippen LogP contribution < -0.4 is 0 Å². The van der Waals surface area contributed by atoms with Crippen LogP contribution in [0.2, 0.25) is 0 Å². The summed E-state index contributed by atoms with van der Waals surface area (Å²) in [5.74, 6) is 1.18. The van der Waals surface area contributed by atoms with E-state index in [1.807, 2.05) is 0 Å². The van der Waals surface area contributed by atoms with Crippen LogP contribution in [0.4, 0.5) is 0 Å². The molecule has 0 spiro atoms. The second-order valence-corrected chi connectivity index (χ2v) is 11.2. The Labute approximate surface area is 188 Å². The van der Waals surface area contributed by atoms with Crippen molar-refractivity contribution < 1.29 is 20.1 Å².